The van der Waals surface area contributed by atoms with Crippen molar-refractivity contribution in [3.05, 3.63) is 34.9 Å². The number of aryl methyl sites for hydroxylation is 1. The predicted octanol–water partition coefficient (Wildman–Crippen LogP) is 1.97. The molecule has 102 valence electrons. The zero-order valence-corrected chi connectivity index (χ0v) is 11.4. The molecule has 1 aromatic rings. The quantitative estimate of drug-likeness (QED) is 0.895. The summed E-state index contributed by atoms with van der Waals surface area (Å²) in [4.78, 5) is 0. The highest BCUT2D eigenvalue weighted by molar-refractivity contribution is 7.90. The number of benzene rings is 1. The fraction of sp³-hybridized carbons (Fsp3) is 0.500. The van der Waals surface area contributed by atoms with Gasteiger partial charge in [0.2, 0.25) is 0 Å². The molecule has 0 aliphatic rings. The Morgan fingerprint density at radius 2 is 1.89 bits per heavy atom. The van der Waals surface area contributed by atoms with E-state index < -0.39 is 27.5 Å². The molecule has 3 nitrogen and oxygen atoms in total. The lowest BCUT2D eigenvalue weighted by Crippen LogP contribution is -2.28. The van der Waals surface area contributed by atoms with E-state index in [4.69, 9.17) is 0 Å². The molecule has 1 atom stereocenters. The van der Waals surface area contributed by atoms with Crippen molar-refractivity contribution in [1.82, 2.24) is 5.32 Å². The molecule has 1 unspecified atom stereocenters. The zero-order valence-electron chi connectivity index (χ0n) is 10.6. The monoisotopic (exact) mass is 277 g/mol. The third-order valence-electron chi connectivity index (χ3n) is 2.57. The fourth-order valence-electron chi connectivity index (χ4n) is 1.74. The predicted molar refractivity (Wildman–Crippen MR) is 67.2 cm³/mol. The van der Waals surface area contributed by atoms with Crippen LogP contribution in [0.2, 0.25) is 0 Å². The molecule has 1 aromatic carbocycles. The number of sulfone groups is 1. The van der Waals surface area contributed by atoms with Gasteiger partial charge in [-0.05, 0) is 31.2 Å². The van der Waals surface area contributed by atoms with Gasteiger partial charge in [-0.1, -0.05) is 6.92 Å². The molecule has 0 spiro atoms. The highest BCUT2D eigenvalue weighted by atomic mass is 32.2. The molecule has 0 amide bonds. The van der Waals surface area contributed by atoms with E-state index in [1.165, 1.54) is 6.92 Å². The van der Waals surface area contributed by atoms with Gasteiger partial charge in [-0.15, -0.1) is 0 Å². The van der Waals surface area contributed by atoms with Gasteiger partial charge in [0, 0.05) is 17.9 Å². The second-order valence-electron chi connectivity index (χ2n) is 4.33. The minimum Gasteiger partial charge on any atom is -0.309 e. The summed E-state index contributed by atoms with van der Waals surface area (Å²) in [5.74, 6) is -1.40. The second-order valence-corrected chi connectivity index (χ2v) is 6.51. The summed E-state index contributed by atoms with van der Waals surface area (Å²) in [6.45, 7) is 3.70. The summed E-state index contributed by atoms with van der Waals surface area (Å²) in [6.07, 6.45) is 1.07. The van der Waals surface area contributed by atoms with Crippen LogP contribution < -0.4 is 5.32 Å². The Hall–Kier alpha value is -1.01. The first kappa shape index (κ1) is 15.0. The largest absolute Gasteiger partial charge is 0.309 e. The number of hydrogen-bond donors (Lipinski definition) is 1. The van der Waals surface area contributed by atoms with Gasteiger partial charge in [-0.2, -0.15) is 0 Å². The lowest BCUT2D eigenvalue weighted by molar-refractivity contribution is 0.520. The summed E-state index contributed by atoms with van der Waals surface area (Å²) in [5, 5.41) is 2.86. The van der Waals surface area contributed by atoms with Crippen molar-refractivity contribution in [1.29, 1.82) is 0 Å². The summed E-state index contributed by atoms with van der Waals surface area (Å²) < 4.78 is 49.8. The van der Waals surface area contributed by atoms with Crippen LogP contribution in [-0.2, 0) is 9.84 Å². The average molecular weight is 277 g/mol. The van der Waals surface area contributed by atoms with Crippen molar-refractivity contribution in [3.8, 4) is 0 Å². The molecule has 6 heteroatoms. The van der Waals surface area contributed by atoms with E-state index in [0.29, 0.717) is 6.54 Å². The zero-order chi connectivity index (χ0) is 13.9. The molecule has 0 aromatic heterocycles. The van der Waals surface area contributed by atoms with Crippen LogP contribution in [-0.4, -0.2) is 27.0 Å². The first-order valence-electron chi connectivity index (χ1n) is 5.61. The van der Waals surface area contributed by atoms with Gasteiger partial charge < -0.3 is 5.32 Å². The van der Waals surface area contributed by atoms with Crippen LogP contribution in [0.25, 0.3) is 0 Å². The maximum atomic E-state index is 13.8. The number of hydrogen-bond acceptors (Lipinski definition) is 3. The van der Waals surface area contributed by atoms with Crippen LogP contribution in [0, 0.1) is 18.6 Å². The molecule has 0 aliphatic heterocycles. The lowest BCUT2D eigenvalue weighted by atomic mass is 10.0. The molecule has 0 bridgehead atoms. The second kappa shape index (κ2) is 5.75. The van der Waals surface area contributed by atoms with Crippen molar-refractivity contribution in [2.24, 2.45) is 0 Å². The van der Waals surface area contributed by atoms with E-state index in [2.05, 4.69) is 5.32 Å². The van der Waals surface area contributed by atoms with Gasteiger partial charge >= 0.3 is 0 Å². The summed E-state index contributed by atoms with van der Waals surface area (Å²) in [5.41, 5.74) is 0.247. The number of rotatable bonds is 5. The summed E-state index contributed by atoms with van der Waals surface area (Å²) in [7, 11) is -3.29. The SMILES string of the molecule is CCNC(CS(C)(=O)=O)c1cc(F)c(C)cc1F. The maximum absolute atomic E-state index is 13.8. The van der Waals surface area contributed by atoms with Crippen molar-refractivity contribution >= 4 is 9.84 Å². The highest BCUT2D eigenvalue weighted by Gasteiger charge is 2.21. The lowest BCUT2D eigenvalue weighted by Gasteiger charge is -2.18. The third kappa shape index (κ3) is 4.03. The van der Waals surface area contributed by atoms with Gasteiger partial charge in [-0.25, -0.2) is 17.2 Å². The average Bonchev–Trinajstić information content (AvgIpc) is 2.21. The van der Waals surface area contributed by atoms with Crippen molar-refractivity contribution < 1.29 is 17.2 Å². The van der Waals surface area contributed by atoms with Crippen LogP contribution in [0.15, 0.2) is 12.1 Å². The summed E-state index contributed by atoms with van der Waals surface area (Å²) in [6, 6.07) is 1.40. The highest BCUT2D eigenvalue weighted by Crippen LogP contribution is 2.22. The number of nitrogens with one attached hydrogen (secondary N) is 1. The topological polar surface area (TPSA) is 46.2 Å². The van der Waals surface area contributed by atoms with Crippen LogP contribution >= 0.6 is 0 Å². The Bertz CT molecular complexity index is 529. The van der Waals surface area contributed by atoms with Crippen molar-refractivity contribution in [3.63, 3.8) is 0 Å². The Labute approximate surface area is 106 Å². The van der Waals surface area contributed by atoms with Gasteiger partial charge in [0.15, 0.2) is 0 Å². The Morgan fingerprint density at radius 1 is 1.28 bits per heavy atom. The van der Waals surface area contributed by atoms with Gasteiger partial charge in [0.05, 0.1) is 5.75 Å². The third-order valence-corrected chi connectivity index (χ3v) is 3.51. The molecule has 0 heterocycles. The van der Waals surface area contributed by atoms with Gasteiger partial charge in [0.1, 0.15) is 21.5 Å². The maximum Gasteiger partial charge on any atom is 0.149 e. The van der Waals surface area contributed by atoms with Crippen LogP contribution in [0.4, 0.5) is 8.78 Å². The normalized spacial score (nSPS) is 13.6. The number of halogens is 2. The molecule has 0 saturated carbocycles. The minimum absolute atomic E-state index is 0.0466. The van der Waals surface area contributed by atoms with E-state index in [9.17, 15) is 17.2 Å². The fourth-order valence-corrected chi connectivity index (χ4v) is 2.64. The van der Waals surface area contributed by atoms with E-state index >= 15 is 0 Å². The first-order chi connectivity index (χ1) is 8.24. The van der Waals surface area contributed by atoms with Crippen LogP contribution in [0.1, 0.15) is 24.1 Å². The van der Waals surface area contributed by atoms with Gasteiger partial charge in [0.25, 0.3) is 0 Å². The molecule has 1 N–H and O–H groups in total. The molecule has 0 fully saturated rings. The molecule has 0 radical (unpaired) electrons. The Kier molecular flexibility index (Phi) is 4.81. The van der Waals surface area contributed by atoms with E-state index in [1.807, 2.05) is 0 Å². The van der Waals surface area contributed by atoms with Crippen molar-refractivity contribution in [2.45, 2.75) is 19.9 Å². The van der Waals surface area contributed by atoms with E-state index in [1.54, 1.807) is 6.92 Å². The molecule has 18 heavy (non-hydrogen) atoms. The standard InChI is InChI=1S/C12H17F2NO2S/c1-4-15-12(7-18(3,16)17)9-6-10(13)8(2)5-11(9)14/h5-6,12,15H,4,7H2,1-3H3. The molecule has 0 aliphatic carbocycles. The smallest absolute Gasteiger partial charge is 0.149 e. The first-order valence-corrected chi connectivity index (χ1v) is 7.67. The molecular weight excluding hydrogens is 260 g/mol. The summed E-state index contributed by atoms with van der Waals surface area (Å²) >= 11 is 0. The Balaban J connectivity index is 3.17. The van der Waals surface area contributed by atoms with Crippen LogP contribution in [0.5, 0.6) is 0 Å². The van der Waals surface area contributed by atoms with Crippen molar-refractivity contribution in [2.75, 3.05) is 18.6 Å². The van der Waals surface area contributed by atoms with E-state index in [0.717, 1.165) is 18.4 Å². The van der Waals surface area contributed by atoms with E-state index in [-0.39, 0.29) is 16.9 Å². The molecule has 0 saturated heterocycles. The molecule has 1 rings (SSSR count). The van der Waals surface area contributed by atoms with Gasteiger partial charge in [-0.3, -0.25) is 0 Å². The Morgan fingerprint density at radius 3 is 2.39 bits per heavy atom. The van der Waals surface area contributed by atoms with Crippen LogP contribution in [0.3, 0.4) is 0 Å². The minimum atomic E-state index is -3.29. The molecular formula is C12H17F2NO2S.